The number of halogens is 1. The Kier molecular flexibility index (Phi) is 10.1. The van der Waals surface area contributed by atoms with E-state index in [9.17, 15) is 0 Å². The molecule has 0 spiro atoms. The van der Waals surface area contributed by atoms with E-state index in [1.807, 2.05) is 12.3 Å². The molecule has 0 saturated heterocycles. The third kappa shape index (κ3) is 7.73. The fraction of sp³-hybridized carbons (Fsp3) is 0.571. The quantitative estimate of drug-likeness (QED) is 0.305. The largest absolute Gasteiger partial charge is 0.474 e. The number of nitrogens with one attached hydrogen (secondary N) is 2. The molecule has 0 aromatic carbocycles. The van der Waals surface area contributed by atoms with E-state index in [0.29, 0.717) is 25.1 Å². The fourth-order valence-corrected chi connectivity index (χ4v) is 4.07. The zero-order valence-electron chi connectivity index (χ0n) is 17.5. The van der Waals surface area contributed by atoms with E-state index in [1.165, 1.54) is 19.3 Å². The number of thiazole rings is 1. The second-order valence-electron chi connectivity index (χ2n) is 7.48. The maximum absolute atomic E-state index is 5.99. The van der Waals surface area contributed by atoms with E-state index in [0.717, 1.165) is 40.9 Å². The van der Waals surface area contributed by atoms with Gasteiger partial charge in [-0.05, 0) is 37.2 Å². The van der Waals surface area contributed by atoms with Crippen LogP contribution in [0.4, 0.5) is 0 Å². The smallest absolute Gasteiger partial charge is 0.213 e. The molecular weight excluding hydrogens is 497 g/mol. The monoisotopic (exact) mass is 529 g/mol. The van der Waals surface area contributed by atoms with Crippen LogP contribution >= 0.6 is 35.3 Å². The number of ether oxygens (including phenoxy) is 1. The molecule has 1 aliphatic carbocycles. The Morgan fingerprint density at radius 2 is 1.97 bits per heavy atom. The van der Waals surface area contributed by atoms with Gasteiger partial charge >= 0.3 is 0 Å². The molecule has 8 heteroatoms. The van der Waals surface area contributed by atoms with E-state index >= 15 is 0 Å². The van der Waals surface area contributed by atoms with Gasteiger partial charge < -0.3 is 15.4 Å². The van der Waals surface area contributed by atoms with Crippen LogP contribution in [-0.4, -0.2) is 29.1 Å². The van der Waals surface area contributed by atoms with Crippen molar-refractivity contribution in [3.8, 4) is 5.88 Å². The molecule has 3 rings (SSSR count). The molecule has 6 nitrogen and oxygen atoms in total. The minimum absolute atomic E-state index is 0. The average molecular weight is 529 g/mol. The lowest BCUT2D eigenvalue weighted by Gasteiger charge is -2.22. The zero-order valence-corrected chi connectivity index (χ0v) is 20.6. The average Bonchev–Trinajstić information content (AvgIpc) is 3.19. The summed E-state index contributed by atoms with van der Waals surface area (Å²) in [6.07, 6.45) is 8.34. The second-order valence-corrected chi connectivity index (χ2v) is 8.43. The van der Waals surface area contributed by atoms with Crippen molar-refractivity contribution in [2.45, 2.75) is 71.1 Å². The van der Waals surface area contributed by atoms with Gasteiger partial charge in [0.25, 0.3) is 0 Å². The van der Waals surface area contributed by atoms with E-state index in [-0.39, 0.29) is 24.0 Å². The Balaban J connectivity index is 0.00000300. The van der Waals surface area contributed by atoms with Crippen LogP contribution in [-0.2, 0) is 13.1 Å². The molecule has 1 fully saturated rings. The normalized spacial score (nSPS) is 15.1. The maximum Gasteiger partial charge on any atom is 0.213 e. The van der Waals surface area contributed by atoms with E-state index in [4.69, 9.17) is 4.74 Å². The summed E-state index contributed by atoms with van der Waals surface area (Å²) in [4.78, 5) is 13.4. The maximum atomic E-state index is 5.99. The molecule has 0 unspecified atom stereocenters. The van der Waals surface area contributed by atoms with Crippen LogP contribution in [0.1, 0.15) is 68.1 Å². The molecule has 2 N–H and O–H groups in total. The van der Waals surface area contributed by atoms with Crippen LogP contribution in [0.3, 0.4) is 0 Å². The van der Waals surface area contributed by atoms with Crippen molar-refractivity contribution in [1.82, 2.24) is 20.6 Å². The number of hydrogen-bond acceptors (Lipinski definition) is 5. The third-order valence-corrected chi connectivity index (χ3v) is 5.76. The lowest BCUT2D eigenvalue weighted by Crippen LogP contribution is -2.36. The van der Waals surface area contributed by atoms with Crippen LogP contribution in [0, 0.1) is 0 Å². The Bertz CT molecular complexity index is 757. The van der Waals surface area contributed by atoms with Crippen LogP contribution in [0.5, 0.6) is 5.88 Å². The highest BCUT2D eigenvalue weighted by Crippen LogP contribution is 2.22. The van der Waals surface area contributed by atoms with Crippen molar-refractivity contribution in [2.24, 2.45) is 4.99 Å². The van der Waals surface area contributed by atoms with Crippen LogP contribution < -0.4 is 15.4 Å². The number of aliphatic imine (C=N–C) groups is 1. The lowest BCUT2D eigenvalue weighted by molar-refractivity contribution is 0.148. The summed E-state index contributed by atoms with van der Waals surface area (Å²) in [6, 6.07) is 4.02. The van der Waals surface area contributed by atoms with Gasteiger partial charge in [-0.3, -0.25) is 4.99 Å². The van der Waals surface area contributed by atoms with Crippen molar-refractivity contribution < 1.29 is 4.74 Å². The predicted molar refractivity (Wildman–Crippen MR) is 130 cm³/mol. The summed E-state index contributed by atoms with van der Waals surface area (Å²) in [5, 5.41) is 9.83. The predicted octanol–water partition coefficient (Wildman–Crippen LogP) is 4.86. The molecule has 1 saturated carbocycles. The first-order valence-electron chi connectivity index (χ1n) is 10.1. The Morgan fingerprint density at radius 3 is 2.59 bits per heavy atom. The molecule has 2 aromatic rings. The number of nitrogens with zero attached hydrogens (tertiary/aromatic N) is 3. The van der Waals surface area contributed by atoms with Gasteiger partial charge in [-0.2, -0.15) is 0 Å². The number of pyridine rings is 1. The minimum Gasteiger partial charge on any atom is -0.474 e. The van der Waals surface area contributed by atoms with E-state index < -0.39 is 0 Å². The highest BCUT2D eigenvalue weighted by molar-refractivity contribution is 14.0. The first-order chi connectivity index (χ1) is 13.6. The Morgan fingerprint density at radius 1 is 1.21 bits per heavy atom. The molecular formula is C21H32IN5OS. The van der Waals surface area contributed by atoms with Gasteiger partial charge in [0.05, 0.1) is 12.2 Å². The van der Waals surface area contributed by atoms with Crippen molar-refractivity contribution in [2.75, 3.05) is 7.05 Å². The van der Waals surface area contributed by atoms with Crippen LogP contribution in [0.2, 0.25) is 0 Å². The van der Waals surface area contributed by atoms with Crippen molar-refractivity contribution in [1.29, 1.82) is 0 Å². The molecule has 0 radical (unpaired) electrons. The van der Waals surface area contributed by atoms with Crippen LogP contribution in [0.25, 0.3) is 0 Å². The molecule has 1 aliphatic rings. The summed E-state index contributed by atoms with van der Waals surface area (Å²) >= 11 is 1.68. The third-order valence-electron chi connectivity index (χ3n) is 4.89. The number of aromatic nitrogens is 2. The van der Waals surface area contributed by atoms with Gasteiger partial charge in [0.1, 0.15) is 11.1 Å². The van der Waals surface area contributed by atoms with Gasteiger partial charge in [-0.15, -0.1) is 35.3 Å². The van der Waals surface area contributed by atoms with Gasteiger partial charge in [0, 0.05) is 31.2 Å². The first kappa shape index (κ1) is 23.9. The van der Waals surface area contributed by atoms with E-state index in [1.54, 1.807) is 18.4 Å². The summed E-state index contributed by atoms with van der Waals surface area (Å²) < 4.78 is 5.99. The molecule has 160 valence electrons. The molecule has 0 bridgehead atoms. The molecule has 0 amide bonds. The van der Waals surface area contributed by atoms with Gasteiger partial charge in [0.15, 0.2) is 5.96 Å². The SMILES string of the molecule is CN=C(NCc1ccc(OC2CCCCC2)nc1)NCc1nc(C(C)C)cs1.I. The lowest BCUT2D eigenvalue weighted by atomic mass is 9.98. The summed E-state index contributed by atoms with van der Waals surface area (Å²) in [5.74, 6) is 1.94. The molecule has 29 heavy (non-hydrogen) atoms. The molecule has 2 aromatic heterocycles. The van der Waals surface area contributed by atoms with Crippen molar-refractivity contribution in [3.63, 3.8) is 0 Å². The Labute approximate surface area is 195 Å². The summed E-state index contributed by atoms with van der Waals surface area (Å²) in [5.41, 5.74) is 2.24. The van der Waals surface area contributed by atoms with E-state index in [2.05, 4.69) is 50.9 Å². The highest BCUT2D eigenvalue weighted by atomic mass is 127. The van der Waals surface area contributed by atoms with Crippen molar-refractivity contribution in [3.05, 3.63) is 40.0 Å². The first-order valence-corrected chi connectivity index (χ1v) is 11.0. The standard InChI is InChI=1S/C21H31N5OS.HI/c1-15(2)18-14-28-20(26-18)13-25-21(22-3)24-12-16-9-10-19(23-11-16)27-17-7-5-4-6-8-17;/h9-11,14-15,17H,4-8,12-13H2,1-3H3,(H2,22,24,25);1H. The molecule has 2 heterocycles. The fourth-order valence-electron chi connectivity index (χ4n) is 3.18. The van der Waals surface area contributed by atoms with Crippen molar-refractivity contribution >= 4 is 41.3 Å². The Hall–Kier alpha value is -1.42. The zero-order chi connectivity index (χ0) is 19.8. The number of guanidine groups is 1. The molecule has 0 atom stereocenters. The van der Waals surface area contributed by atoms with Gasteiger partial charge in [-0.1, -0.05) is 26.3 Å². The highest BCUT2D eigenvalue weighted by Gasteiger charge is 2.15. The number of hydrogen-bond donors (Lipinski definition) is 2. The minimum atomic E-state index is 0. The van der Waals surface area contributed by atoms with Crippen LogP contribution in [0.15, 0.2) is 28.7 Å². The number of rotatable bonds is 7. The molecule has 0 aliphatic heterocycles. The summed E-state index contributed by atoms with van der Waals surface area (Å²) in [6.45, 7) is 5.65. The summed E-state index contributed by atoms with van der Waals surface area (Å²) in [7, 11) is 1.77. The topological polar surface area (TPSA) is 71.4 Å². The van der Waals surface area contributed by atoms with Gasteiger partial charge in [-0.25, -0.2) is 9.97 Å². The van der Waals surface area contributed by atoms with Gasteiger partial charge in [0.2, 0.25) is 5.88 Å². The second kappa shape index (κ2) is 12.3.